The van der Waals surface area contributed by atoms with Crippen molar-refractivity contribution in [1.29, 1.82) is 0 Å². The molecular weight excluding hydrogens is 320 g/mol. The van der Waals surface area contributed by atoms with Gasteiger partial charge in [0, 0.05) is 21.5 Å². The number of hydrogen-bond donors (Lipinski definition) is 1. The van der Waals surface area contributed by atoms with Gasteiger partial charge in [0.15, 0.2) is 0 Å². The Bertz CT molecular complexity index is 1070. The molecule has 0 spiro atoms. The molecule has 3 aromatic carbocycles. The van der Waals surface area contributed by atoms with Gasteiger partial charge in [0.25, 0.3) is 5.91 Å². The van der Waals surface area contributed by atoms with Crippen molar-refractivity contribution < 1.29 is 4.79 Å². The van der Waals surface area contributed by atoms with Crippen LogP contribution in [0, 0.1) is 0 Å². The minimum atomic E-state index is -0.233. The molecule has 0 bridgehead atoms. The summed E-state index contributed by atoms with van der Waals surface area (Å²) < 4.78 is 0. The number of amides is 1. The highest BCUT2D eigenvalue weighted by Gasteiger charge is 2.10. The number of hydrogen-bond acceptors (Lipinski definition) is 2. The van der Waals surface area contributed by atoms with Gasteiger partial charge in [0.05, 0.1) is 5.52 Å². The minimum Gasteiger partial charge on any atom is -0.320 e. The van der Waals surface area contributed by atoms with E-state index in [4.69, 9.17) is 11.6 Å². The van der Waals surface area contributed by atoms with Crippen LogP contribution in [0.2, 0.25) is 5.02 Å². The smallest absolute Gasteiger partial charge is 0.274 e. The van der Waals surface area contributed by atoms with E-state index in [-0.39, 0.29) is 5.91 Å². The third-order valence-electron chi connectivity index (χ3n) is 3.92. The lowest BCUT2D eigenvalue weighted by Crippen LogP contribution is -2.13. The third-order valence-corrected chi connectivity index (χ3v) is 4.16. The Labute approximate surface area is 143 Å². The lowest BCUT2D eigenvalue weighted by Gasteiger charge is -2.09. The molecule has 116 valence electrons. The molecule has 0 aliphatic rings. The van der Waals surface area contributed by atoms with Crippen LogP contribution >= 0.6 is 11.6 Å². The Morgan fingerprint density at radius 3 is 2.62 bits per heavy atom. The van der Waals surface area contributed by atoms with Crippen molar-refractivity contribution >= 4 is 44.9 Å². The van der Waals surface area contributed by atoms with Crippen LogP contribution in [-0.4, -0.2) is 10.9 Å². The van der Waals surface area contributed by atoms with E-state index in [0.29, 0.717) is 10.7 Å². The van der Waals surface area contributed by atoms with Crippen LogP contribution in [-0.2, 0) is 0 Å². The van der Waals surface area contributed by atoms with Gasteiger partial charge in [0.2, 0.25) is 0 Å². The molecule has 4 rings (SSSR count). The summed E-state index contributed by atoms with van der Waals surface area (Å²) in [6, 6.07) is 22.7. The Balaban J connectivity index is 1.69. The topological polar surface area (TPSA) is 42.0 Å². The Morgan fingerprint density at radius 2 is 1.71 bits per heavy atom. The highest BCUT2D eigenvalue weighted by Crippen LogP contribution is 2.24. The average Bonchev–Trinajstić information content (AvgIpc) is 2.61. The Morgan fingerprint density at radius 1 is 0.875 bits per heavy atom. The molecule has 0 fully saturated rings. The zero-order valence-corrected chi connectivity index (χ0v) is 13.4. The fraction of sp³-hybridized carbons (Fsp3) is 0. The van der Waals surface area contributed by atoms with Gasteiger partial charge < -0.3 is 5.32 Å². The minimum absolute atomic E-state index is 0.233. The number of halogens is 1. The third kappa shape index (κ3) is 2.70. The largest absolute Gasteiger partial charge is 0.320 e. The molecule has 3 nitrogen and oxygen atoms in total. The lowest BCUT2D eigenvalue weighted by molar-refractivity contribution is 0.102. The van der Waals surface area contributed by atoms with E-state index in [1.165, 1.54) is 0 Å². The molecule has 0 radical (unpaired) electrons. The van der Waals surface area contributed by atoms with Crippen molar-refractivity contribution in [3.05, 3.63) is 83.5 Å². The normalized spacial score (nSPS) is 10.9. The highest BCUT2D eigenvalue weighted by atomic mass is 35.5. The predicted molar refractivity (Wildman–Crippen MR) is 98.7 cm³/mol. The van der Waals surface area contributed by atoms with Crippen molar-refractivity contribution in [3.63, 3.8) is 0 Å². The maximum Gasteiger partial charge on any atom is 0.274 e. The fourth-order valence-electron chi connectivity index (χ4n) is 2.74. The first-order valence-electron chi connectivity index (χ1n) is 7.56. The van der Waals surface area contributed by atoms with E-state index in [9.17, 15) is 4.79 Å². The number of pyridine rings is 1. The first-order chi connectivity index (χ1) is 11.7. The Kier molecular flexibility index (Phi) is 3.63. The van der Waals surface area contributed by atoms with Crippen LogP contribution in [0.3, 0.4) is 0 Å². The number of carbonyl (C=O) groups excluding carboxylic acids is 1. The van der Waals surface area contributed by atoms with Crippen LogP contribution in [0.1, 0.15) is 10.5 Å². The van der Waals surface area contributed by atoms with Crippen LogP contribution in [0.5, 0.6) is 0 Å². The van der Waals surface area contributed by atoms with Crippen molar-refractivity contribution in [3.8, 4) is 0 Å². The number of nitrogens with zero attached hydrogens (tertiary/aromatic N) is 1. The summed E-state index contributed by atoms with van der Waals surface area (Å²) in [7, 11) is 0. The standard InChI is InChI=1S/C20H13ClN2O/c21-15-9-11-17-14(12-15)8-10-19(22-17)20(24)23-18-7-3-5-13-4-1-2-6-16(13)18/h1-12H,(H,23,24). The summed E-state index contributed by atoms with van der Waals surface area (Å²) in [4.78, 5) is 17.0. The van der Waals surface area contributed by atoms with E-state index in [1.807, 2.05) is 60.7 Å². The predicted octanol–water partition coefficient (Wildman–Crippen LogP) is 5.29. The van der Waals surface area contributed by atoms with Crippen LogP contribution in [0.25, 0.3) is 21.7 Å². The van der Waals surface area contributed by atoms with Gasteiger partial charge in [-0.25, -0.2) is 4.98 Å². The van der Waals surface area contributed by atoms with Gasteiger partial charge in [-0.2, -0.15) is 0 Å². The number of rotatable bonds is 2. The maximum absolute atomic E-state index is 12.6. The number of aromatic nitrogens is 1. The lowest BCUT2D eigenvalue weighted by atomic mass is 10.1. The molecule has 0 atom stereocenters. The summed E-state index contributed by atoms with van der Waals surface area (Å²) in [6.45, 7) is 0. The van der Waals surface area contributed by atoms with Crippen LogP contribution in [0.4, 0.5) is 5.69 Å². The first kappa shape index (κ1) is 14.7. The monoisotopic (exact) mass is 332 g/mol. The molecule has 4 aromatic rings. The zero-order valence-electron chi connectivity index (χ0n) is 12.7. The molecule has 4 heteroatoms. The number of nitrogens with one attached hydrogen (secondary N) is 1. The number of carbonyl (C=O) groups is 1. The number of fused-ring (bicyclic) bond motifs is 2. The fourth-order valence-corrected chi connectivity index (χ4v) is 2.92. The molecule has 0 unspecified atom stereocenters. The van der Waals surface area contributed by atoms with Crippen molar-refractivity contribution in [2.75, 3.05) is 5.32 Å². The average molecular weight is 333 g/mol. The van der Waals surface area contributed by atoms with Crippen molar-refractivity contribution in [1.82, 2.24) is 4.98 Å². The molecule has 0 saturated heterocycles. The van der Waals surface area contributed by atoms with E-state index < -0.39 is 0 Å². The van der Waals surface area contributed by atoms with Gasteiger partial charge in [-0.3, -0.25) is 4.79 Å². The molecular formula is C20H13ClN2O. The second-order valence-electron chi connectivity index (χ2n) is 5.51. The van der Waals surface area contributed by atoms with Gasteiger partial charge >= 0.3 is 0 Å². The molecule has 1 amide bonds. The summed E-state index contributed by atoms with van der Waals surface area (Å²) >= 11 is 5.98. The summed E-state index contributed by atoms with van der Waals surface area (Å²) in [6.07, 6.45) is 0. The molecule has 1 N–H and O–H groups in total. The van der Waals surface area contributed by atoms with E-state index in [2.05, 4.69) is 10.3 Å². The Hall–Kier alpha value is -2.91. The molecule has 0 saturated carbocycles. The second-order valence-corrected chi connectivity index (χ2v) is 5.95. The first-order valence-corrected chi connectivity index (χ1v) is 7.94. The SMILES string of the molecule is O=C(Nc1cccc2ccccc12)c1ccc2cc(Cl)ccc2n1. The van der Waals surface area contributed by atoms with E-state index in [0.717, 1.165) is 27.4 Å². The number of benzene rings is 3. The van der Waals surface area contributed by atoms with Gasteiger partial charge in [-0.15, -0.1) is 0 Å². The summed E-state index contributed by atoms with van der Waals surface area (Å²) in [5, 5.41) is 6.59. The van der Waals surface area contributed by atoms with E-state index in [1.54, 1.807) is 12.1 Å². The molecule has 24 heavy (non-hydrogen) atoms. The van der Waals surface area contributed by atoms with Gasteiger partial charge in [-0.1, -0.05) is 54.1 Å². The molecule has 1 heterocycles. The quantitative estimate of drug-likeness (QED) is 0.541. The molecule has 0 aliphatic heterocycles. The molecule has 0 aliphatic carbocycles. The van der Waals surface area contributed by atoms with Gasteiger partial charge in [-0.05, 0) is 35.7 Å². The summed E-state index contributed by atoms with van der Waals surface area (Å²) in [5.41, 5.74) is 1.89. The van der Waals surface area contributed by atoms with Gasteiger partial charge in [0.1, 0.15) is 5.69 Å². The number of anilines is 1. The van der Waals surface area contributed by atoms with Crippen molar-refractivity contribution in [2.45, 2.75) is 0 Å². The van der Waals surface area contributed by atoms with Crippen molar-refractivity contribution in [2.24, 2.45) is 0 Å². The summed E-state index contributed by atoms with van der Waals surface area (Å²) in [5.74, 6) is -0.233. The highest BCUT2D eigenvalue weighted by molar-refractivity contribution is 6.31. The zero-order chi connectivity index (χ0) is 16.5. The second kappa shape index (κ2) is 5.95. The molecule has 1 aromatic heterocycles. The van der Waals surface area contributed by atoms with E-state index >= 15 is 0 Å². The maximum atomic E-state index is 12.6. The van der Waals surface area contributed by atoms with Crippen LogP contribution in [0.15, 0.2) is 72.8 Å². The van der Waals surface area contributed by atoms with Crippen LogP contribution < -0.4 is 5.32 Å².